The number of hydrogen-bond acceptors (Lipinski definition) is 2. The first-order valence-electron chi connectivity index (χ1n) is 5.73. The van der Waals surface area contributed by atoms with Crippen LogP contribution < -0.4 is 0 Å². The topological polar surface area (TPSA) is 40.9 Å². The standard InChI is InChI=1S/C14H17NO/c1-3-4-5-6-14(16)13-8-7-12(10-15)9-11(13)2/h7-9H,3-6H2,1-2H3. The third kappa shape index (κ3) is 3.20. The van der Waals surface area contributed by atoms with E-state index in [1.807, 2.05) is 6.92 Å². The van der Waals surface area contributed by atoms with Crippen LogP contribution in [0.15, 0.2) is 18.2 Å². The maximum atomic E-state index is 11.9. The summed E-state index contributed by atoms with van der Waals surface area (Å²) >= 11 is 0. The number of nitriles is 1. The van der Waals surface area contributed by atoms with E-state index >= 15 is 0 Å². The number of benzene rings is 1. The summed E-state index contributed by atoms with van der Waals surface area (Å²) < 4.78 is 0. The van der Waals surface area contributed by atoms with Gasteiger partial charge in [-0.15, -0.1) is 0 Å². The van der Waals surface area contributed by atoms with Crippen molar-refractivity contribution in [2.75, 3.05) is 0 Å². The molecule has 1 aromatic carbocycles. The van der Waals surface area contributed by atoms with Crippen molar-refractivity contribution in [3.05, 3.63) is 34.9 Å². The fraction of sp³-hybridized carbons (Fsp3) is 0.429. The lowest BCUT2D eigenvalue weighted by atomic mass is 9.99. The third-order valence-corrected chi connectivity index (χ3v) is 2.66. The number of rotatable bonds is 5. The lowest BCUT2D eigenvalue weighted by Gasteiger charge is -2.04. The second-order valence-electron chi connectivity index (χ2n) is 4.02. The van der Waals surface area contributed by atoms with Gasteiger partial charge in [-0.05, 0) is 37.1 Å². The van der Waals surface area contributed by atoms with Gasteiger partial charge in [0.25, 0.3) is 0 Å². The molecule has 2 heteroatoms. The van der Waals surface area contributed by atoms with Crippen molar-refractivity contribution in [3.8, 4) is 6.07 Å². The van der Waals surface area contributed by atoms with Crippen molar-refractivity contribution in [1.82, 2.24) is 0 Å². The Morgan fingerprint density at radius 1 is 1.38 bits per heavy atom. The molecule has 1 aromatic rings. The van der Waals surface area contributed by atoms with Crippen LogP contribution in [-0.4, -0.2) is 5.78 Å². The first-order chi connectivity index (χ1) is 7.69. The minimum Gasteiger partial charge on any atom is -0.294 e. The molecule has 0 saturated heterocycles. The molecule has 2 nitrogen and oxygen atoms in total. The molecule has 0 fully saturated rings. The molecule has 0 aliphatic rings. The fourth-order valence-corrected chi connectivity index (χ4v) is 1.72. The van der Waals surface area contributed by atoms with Gasteiger partial charge in [0.15, 0.2) is 5.78 Å². The van der Waals surface area contributed by atoms with Gasteiger partial charge in [-0.1, -0.05) is 19.8 Å². The summed E-state index contributed by atoms with van der Waals surface area (Å²) in [5, 5.41) is 8.73. The van der Waals surface area contributed by atoms with Gasteiger partial charge in [0.1, 0.15) is 0 Å². The molecule has 16 heavy (non-hydrogen) atoms. The Morgan fingerprint density at radius 2 is 2.12 bits per heavy atom. The number of carbonyl (C=O) groups is 1. The lowest BCUT2D eigenvalue weighted by Crippen LogP contribution is -2.01. The molecular weight excluding hydrogens is 198 g/mol. The summed E-state index contributed by atoms with van der Waals surface area (Å²) in [4.78, 5) is 11.9. The molecule has 1 rings (SSSR count). The highest BCUT2D eigenvalue weighted by atomic mass is 16.1. The van der Waals surface area contributed by atoms with Gasteiger partial charge >= 0.3 is 0 Å². The molecule has 0 spiro atoms. The van der Waals surface area contributed by atoms with Crippen LogP contribution in [0.3, 0.4) is 0 Å². The van der Waals surface area contributed by atoms with Gasteiger partial charge in [-0.2, -0.15) is 5.26 Å². The summed E-state index contributed by atoms with van der Waals surface area (Å²) in [5.41, 5.74) is 2.28. The Kier molecular flexibility index (Phi) is 4.72. The van der Waals surface area contributed by atoms with Crippen molar-refractivity contribution in [2.45, 2.75) is 39.5 Å². The second kappa shape index (κ2) is 6.07. The van der Waals surface area contributed by atoms with Gasteiger partial charge in [0, 0.05) is 12.0 Å². The summed E-state index contributed by atoms with van der Waals surface area (Å²) in [6.45, 7) is 4.01. The predicted molar refractivity (Wildman–Crippen MR) is 64.4 cm³/mol. The molecular formula is C14H17NO. The van der Waals surface area contributed by atoms with Gasteiger partial charge in [0.05, 0.1) is 11.6 Å². The highest BCUT2D eigenvalue weighted by molar-refractivity contribution is 5.97. The average Bonchev–Trinajstić information content (AvgIpc) is 2.29. The van der Waals surface area contributed by atoms with Crippen LogP contribution in [0.4, 0.5) is 0 Å². The zero-order valence-electron chi connectivity index (χ0n) is 9.92. The quantitative estimate of drug-likeness (QED) is 0.556. The van der Waals surface area contributed by atoms with E-state index < -0.39 is 0 Å². The first kappa shape index (κ1) is 12.4. The Hall–Kier alpha value is -1.62. The van der Waals surface area contributed by atoms with Crippen molar-refractivity contribution >= 4 is 5.78 Å². The van der Waals surface area contributed by atoms with E-state index in [1.54, 1.807) is 18.2 Å². The van der Waals surface area contributed by atoms with Crippen LogP contribution in [0, 0.1) is 18.3 Å². The van der Waals surface area contributed by atoms with Gasteiger partial charge < -0.3 is 0 Å². The maximum Gasteiger partial charge on any atom is 0.163 e. The number of unbranched alkanes of at least 4 members (excludes halogenated alkanes) is 2. The molecule has 0 aromatic heterocycles. The van der Waals surface area contributed by atoms with Gasteiger partial charge in [-0.3, -0.25) is 4.79 Å². The molecule has 84 valence electrons. The zero-order chi connectivity index (χ0) is 12.0. The average molecular weight is 215 g/mol. The van der Waals surface area contributed by atoms with Crippen LogP contribution >= 0.6 is 0 Å². The Labute approximate surface area is 96.9 Å². The Balaban J connectivity index is 2.73. The molecule has 0 unspecified atom stereocenters. The number of hydrogen-bond donors (Lipinski definition) is 0. The number of nitrogens with zero attached hydrogens (tertiary/aromatic N) is 1. The number of aryl methyl sites for hydroxylation is 1. The fourth-order valence-electron chi connectivity index (χ4n) is 1.72. The first-order valence-corrected chi connectivity index (χ1v) is 5.73. The van der Waals surface area contributed by atoms with Crippen molar-refractivity contribution in [1.29, 1.82) is 5.26 Å². The number of carbonyl (C=O) groups excluding carboxylic acids is 1. The van der Waals surface area contributed by atoms with E-state index in [2.05, 4.69) is 13.0 Å². The summed E-state index contributed by atoms with van der Waals surface area (Å²) in [5.74, 6) is 0.190. The largest absolute Gasteiger partial charge is 0.294 e. The molecule has 0 N–H and O–H groups in total. The van der Waals surface area contributed by atoms with Crippen LogP contribution in [0.2, 0.25) is 0 Å². The summed E-state index contributed by atoms with van der Waals surface area (Å²) in [6.07, 6.45) is 3.79. The van der Waals surface area contributed by atoms with Crippen LogP contribution in [0.5, 0.6) is 0 Å². The van der Waals surface area contributed by atoms with Crippen LogP contribution in [-0.2, 0) is 0 Å². The van der Waals surface area contributed by atoms with Gasteiger partial charge in [0.2, 0.25) is 0 Å². The normalized spacial score (nSPS) is 9.81. The van der Waals surface area contributed by atoms with Crippen LogP contribution in [0.1, 0.15) is 54.1 Å². The van der Waals surface area contributed by atoms with Crippen molar-refractivity contribution < 1.29 is 4.79 Å². The van der Waals surface area contributed by atoms with E-state index in [1.165, 1.54) is 0 Å². The van der Waals surface area contributed by atoms with Crippen molar-refractivity contribution in [3.63, 3.8) is 0 Å². The summed E-state index contributed by atoms with van der Waals surface area (Å²) in [7, 11) is 0. The monoisotopic (exact) mass is 215 g/mol. The van der Waals surface area contributed by atoms with E-state index in [-0.39, 0.29) is 5.78 Å². The molecule has 0 aliphatic heterocycles. The third-order valence-electron chi connectivity index (χ3n) is 2.66. The molecule has 0 amide bonds. The van der Waals surface area contributed by atoms with Crippen molar-refractivity contribution in [2.24, 2.45) is 0 Å². The Morgan fingerprint density at radius 3 is 2.69 bits per heavy atom. The summed E-state index contributed by atoms with van der Waals surface area (Å²) in [6, 6.07) is 7.32. The highest BCUT2D eigenvalue weighted by Crippen LogP contribution is 2.14. The molecule has 0 saturated carbocycles. The van der Waals surface area contributed by atoms with E-state index in [0.29, 0.717) is 12.0 Å². The second-order valence-corrected chi connectivity index (χ2v) is 4.02. The minimum atomic E-state index is 0.190. The van der Waals surface area contributed by atoms with Gasteiger partial charge in [-0.25, -0.2) is 0 Å². The maximum absolute atomic E-state index is 11.9. The highest BCUT2D eigenvalue weighted by Gasteiger charge is 2.08. The zero-order valence-corrected chi connectivity index (χ0v) is 9.92. The number of ketones is 1. The minimum absolute atomic E-state index is 0.190. The van der Waals surface area contributed by atoms with E-state index in [9.17, 15) is 4.79 Å². The Bertz CT molecular complexity index is 415. The molecule has 0 radical (unpaired) electrons. The smallest absolute Gasteiger partial charge is 0.163 e. The predicted octanol–water partition coefficient (Wildman–Crippen LogP) is 3.63. The number of Topliss-reactive ketones (excluding diaryl/α,β-unsaturated/α-hetero) is 1. The molecule has 0 aliphatic carbocycles. The van der Waals surface area contributed by atoms with E-state index in [4.69, 9.17) is 5.26 Å². The molecule has 0 bridgehead atoms. The molecule has 0 heterocycles. The van der Waals surface area contributed by atoms with Crippen LogP contribution in [0.25, 0.3) is 0 Å². The lowest BCUT2D eigenvalue weighted by molar-refractivity contribution is 0.0978. The SMILES string of the molecule is CCCCCC(=O)c1ccc(C#N)cc1C. The molecule has 0 atom stereocenters. The van der Waals surface area contributed by atoms with E-state index in [0.717, 1.165) is 30.4 Å².